The zero-order chi connectivity index (χ0) is 12.5. The molecule has 2 aromatic rings. The SMILES string of the molecule is CC(C)(CN)n1c(CC#N)nc2ccccc21. The van der Waals surface area contributed by atoms with Crippen LogP contribution in [0.4, 0.5) is 0 Å². The summed E-state index contributed by atoms with van der Waals surface area (Å²) >= 11 is 0. The van der Waals surface area contributed by atoms with Gasteiger partial charge in [0.25, 0.3) is 0 Å². The average Bonchev–Trinajstić information content (AvgIpc) is 2.68. The number of para-hydroxylation sites is 2. The number of benzene rings is 1. The third-order valence-corrected chi connectivity index (χ3v) is 2.97. The minimum atomic E-state index is -0.234. The highest BCUT2D eigenvalue weighted by Gasteiger charge is 2.24. The van der Waals surface area contributed by atoms with Crippen LogP contribution < -0.4 is 5.73 Å². The molecule has 0 atom stereocenters. The van der Waals surface area contributed by atoms with Crippen molar-refractivity contribution in [1.29, 1.82) is 5.26 Å². The second kappa shape index (κ2) is 4.19. The molecule has 88 valence electrons. The summed E-state index contributed by atoms with van der Waals surface area (Å²) in [5, 5.41) is 8.87. The summed E-state index contributed by atoms with van der Waals surface area (Å²) in [6, 6.07) is 10.1. The van der Waals surface area contributed by atoms with Crippen molar-refractivity contribution in [3.8, 4) is 6.07 Å². The zero-order valence-corrected chi connectivity index (χ0v) is 10.1. The van der Waals surface area contributed by atoms with E-state index in [0.717, 1.165) is 16.9 Å². The minimum absolute atomic E-state index is 0.234. The van der Waals surface area contributed by atoms with Crippen LogP contribution in [0.5, 0.6) is 0 Å². The summed E-state index contributed by atoms with van der Waals surface area (Å²) in [7, 11) is 0. The Balaban J connectivity index is 2.73. The van der Waals surface area contributed by atoms with Gasteiger partial charge in [0.05, 0.1) is 29.1 Å². The van der Waals surface area contributed by atoms with Gasteiger partial charge in [0.15, 0.2) is 0 Å². The molecule has 2 rings (SSSR count). The molecule has 0 saturated carbocycles. The van der Waals surface area contributed by atoms with E-state index in [0.29, 0.717) is 13.0 Å². The van der Waals surface area contributed by atoms with Gasteiger partial charge in [-0.25, -0.2) is 4.98 Å². The smallest absolute Gasteiger partial charge is 0.124 e. The Bertz CT molecular complexity index is 575. The van der Waals surface area contributed by atoms with Crippen LogP contribution in [0.1, 0.15) is 19.7 Å². The van der Waals surface area contributed by atoms with E-state index in [4.69, 9.17) is 11.0 Å². The van der Waals surface area contributed by atoms with E-state index < -0.39 is 0 Å². The molecule has 1 aromatic heterocycles. The highest BCUT2D eigenvalue weighted by Crippen LogP contribution is 2.24. The Kier molecular flexibility index (Phi) is 2.86. The Hall–Kier alpha value is -1.86. The van der Waals surface area contributed by atoms with Gasteiger partial charge in [0.1, 0.15) is 5.82 Å². The molecule has 4 heteroatoms. The third-order valence-electron chi connectivity index (χ3n) is 2.97. The van der Waals surface area contributed by atoms with E-state index in [-0.39, 0.29) is 5.54 Å². The van der Waals surface area contributed by atoms with Crippen LogP contribution in [0.3, 0.4) is 0 Å². The van der Waals surface area contributed by atoms with E-state index in [2.05, 4.69) is 29.5 Å². The summed E-state index contributed by atoms with van der Waals surface area (Å²) in [4.78, 5) is 4.50. The molecule has 0 aliphatic rings. The lowest BCUT2D eigenvalue weighted by Gasteiger charge is -2.27. The number of nitrogens with zero attached hydrogens (tertiary/aromatic N) is 3. The molecule has 17 heavy (non-hydrogen) atoms. The number of rotatable bonds is 3. The minimum Gasteiger partial charge on any atom is -0.328 e. The molecule has 4 nitrogen and oxygen atoms in total. The largest absolute Gasteiger partial charge is 0.328 e. The van der Waals surface area contributed by atoms with Gasteiger partial charge in [-0.1, -0.05) is 12.1 Å². The lowest BCUT2D eigenvalue weighted by Crippen LogP contribution is -2.36. The molecule has 0 bridgehead atoms. The molecular formula is C13H16N4. The van der Waals surface area contributed by atoms with Crippen molar-refractivity contribution < 1.29 is 0 Å². The van der Waals surface area contributed by atoms with Crippen molar-refractivity contribution in [1.82, 2.24) is 9.55 Å². The molecule has 0 saturated heterocycles. The molecular weight excluding hydrogens is 212 g/mol. The third kappa shape index (κ3) is 1.90. The van der Waals surface area contributed by atoms with Crippen LogP contribution in [-0.2, 0) is 12.0 Å². The number of aromatic nitrogens is 2. The first-order valence-corrected chi connectivity index (χ1v) is 5.64. The summed E-state index contributed by atoms with van der Waals surface area (Å²) in [5.74, 6) is 0.782. The van der Waals surface area contributed by atoms with Crippen molar-refractivity contribution in [2.24, 2.45) is 5.73 Å². The summed E-state index contributed by atoms with van der Waals surface area (Å²) < 4.78 is 2.07. The van der Waals surface area contributed by atoms with Gasteiger partial charge in [0, 0.05) is 6.54 Å². The van der Waals surface area contributed by atoms with Crippen molar-refractivity contribution >= 4 is 11.0 Å². The van der Waals surface area contributed by atoms with Gasteiger partial charge in [-0.15, -0.1) is 0 Å². The lowest BCUT2D eigenvalue weighted by atomic mass is 10.0. The molecule has 0 aliphatic heterocycles. The quantitative estimate of drug-likeness (QED) is 0.871. The van der Waals surface area contributed by atoms with Crippen molar-refractivity contribution in [3.05, 3.63) is 30.1 Å². The van der Waals surface area contributed by atoms with Crippen LogP contribution in [0.2, 0.25) is 0 Å². The Morgan fingerprint density at radius 3 is 2.76 bits per heavy atom. The lowest BCUT2D eigenvalue weighted by molar-refractivity contribution is 0.367. The monoisotopic (exact) mass is 228 g/mol. The number of nitriles is 1. The second-order valence-electron chi connectivity index (χ2n) is 4.70. The fraction of sp³-hybridized carbons (Fsp3) is 0.385. The van der Waals surface area contributed by atoms with Crippen LogP contribution in [0.25, 0.3) is 11.0 Å². The van der Waals surface area contributed by atoms with Crippen LogP contribution in [0, 0.1) is 11.3 Å². The first kappa shape index (κ1) is 11.6. The van der Waals surface area contributed by atoms with E-state index >= 15 is 0 Å². The van der Waals surface area contributed by atoms with Gasteiger partial charge in [-0.3, -0.25) is 0 Å². The van der Waals surface area contributed by atoms with Crippen molar-refractivity contribution in [3.63, 3.8) is 0 Å². The number of hydrogen-bond acceptors (Lipinski definition) is 3. The number of nitrogens with two attached hydrogens (primary N) is 1. The van der Waals surface area contributed by atoms with Crippen molar-refractivity contribution in [2.45, 2.75) is 25.8 Å². The van der Waals surface area contributed by atoms with Crippen molar-refractivity contribution in [2.75, 3.05) is 6.54 Å². The summed E-state index contributed by atoms with van der Waals surface area (Å²) in [6.45, 7) is 4.62. The Morgan fingerprint density at radius 1 is 1.41 bits per heavy atom. The molecule has 0 fully saturated rings. The maximum Gasteiger partial charge on any atom is 0.124 e. The number of hydrogen-bond donors (Lipinski definition) is 1. The van der Waals surface area contributed by atoms with Crippen LogP contribution in [0.15, 0.2) is 24.3 Å². The topological polar surface area (TPSA) is 67.6 Å². The van der Waals surface area contributed by atoms with Crippen LogP contribution >= 0.6 is 0 Å². The molecule has 1 heterocycles. The predicted molar refractivity (Wildman–Crippen MR) is 67.4 cm³/mol. The average molecular weight is 228 g/mol. The Morgan fingerprint density at radius 2 is 2.12 bits per heavy atom. The molecule has 1 aromatic carbocycles. The number of imidazole rings is 1. The zero-order valence-electron chi connectivity index (χ0n) is 10.1. The fourth-order valence-corrected chi connectivity index (χ4v) is 2.03. The van der Waals surface area contributed by atoms with E-state index in [9.17, 15) is 0 Å². The second-order valence-corrected chi connectivity index (χ2v) is 4.70. The first-order valence-electron chi connectivity index (χ1n) is 5.64. The van der Waals surface area contributed by atoms with Gasteiger partial charge in [-0.2, -0.15) is 5.26 Å². The fourth-order valence-electron chi connectivity index (χ4n) is 2.03. The summed E-state index contributed by atoms with van der Waals surface area (Å²) in [6.07, 6.45) is 0.304. The predicted octanol–water partition coefficient (Wildman–Crippen LogP) is 1.80. The normalized spacial score (nSPS) is 11.6. The molecule has 0 aliphatic carbocycles. The Labute approximate surface area is 101 Å². The maximum absolute atomic E-state index is 8.87. The van der Waals surface area contributed by atoms with Gasteiger partial charge in [0.2, 0.25) is 0 Å². The highest BCUT2D eigenvalue weighted by atomic mass is 15.1. The number of fused-ring (bicyclic) bond motifs is 1. The molecule has 0 unspecified atom stereocenters. The highest BCUT2D eigenvalue weighted by molar-refractivity contribution is 5.76. The van der Waals surface area contributed by atoms with E-state index in [1.165, 1.54) is 0 Å². The molecule has 0 radical (unpaired) electrons. The molecule has 0 amide bonds. The van der Waals surface area contributed by atoms with E-state index in [1.54, 1.807) is 0 Å². The van der Waals surface area contributed by atoms with Gasteiger partial charge in [-0.05, 0) is 26.0 Å². The molecule has 2 N–H and O–H groups in total. The summed E-state index contributed by atoms with van der Waals surface area (Å²) in [5.41, 5.74) is 7.54. The standard InChI is InChI=1S/C13H16N4/c1-13(2,9-15)17-11-6-4-3-5-10(11)16-12(17)7-8-14/h3-6H,7,9,15H2,1-2H3. The van der Waals surface area contributed by atoms with Crippen LogP contribution in [-0.4, -0.2) is 16.1 Å². The van der Waals surface area contributed by atoms with Gasteiger partial charge < -0.3 is 10.3 Å². The first-order chi connectivity index (χ1) is 8.10. The van der Waals surface area contributed by atoms with Gasteiger partial charge >= 0.3 is 0 Å². The maximum atomic E-state index is 8.87. The molecule has 0 spiro atoms. The van der Waals surface area contributed by atoms with E-state index in [1.807, 2.05) is 24.3 Å².